The zero-order valence-electron chi connectivity index (χ0n) is 12.6. The molecule has 1 aliphatic rings. The maximum atomic E-state index is 12.3. The molecule has 23 heavy (non-hydrogen) atoms. The minimum absolute atomic E-state index is 0.0431. The van der Waals surface area contributed by atoms with Crippen LogP contribution in [0, 0.1) is 0 Å². The van der Waals surface area contributed by atoms with Gasteiger partial charge in [-0.1, -0.05) is 31.0 Å². The number of hydrogen-bond donors (Lipinski definition) is 2. The second kappa shape index (κ2) is 7.68. The number of amides is 1. The van der Waals surface area contributed by atoms with Gasteiger partial charge in [0.25, 0.3) is 0 Å². The van der Waals surface area contributed by atoms with Gasteiger partial charge in [0.1, 0.15) is 5.75 Å². The first kappa shape index (κ1) is 17.6. The van der Waals surface area contributed by atoms with Gasteiger partial charge in [-0.3, -0.25) is 4.79 Å². The molecule has 128 valence electrons. The normalized spacial score (nSPS) is 21.7. The molecule has 0 radical (unpaired) electrons. The van der Waals surface area contributed by atoms with Crippen molar-refractivity contribution in [2.24, 2.45) is 0 Å². The van der Waals surface area contributed by atoms with Crippen LogP contribution in [0.3, 0.4) is 0 Å². The van der Waals surface area contributed by atoms with Gasteiger partial charge in [-0.05, 0) is 30.9 Å². The lowest BCUT2D eigenvalue weighted by molar-refractivity contribution is -0.274. The monoisotopic (exact) mass is 331 g/mol. The number of para-hydroxylation sites is 1. The molecule has 0 bridgehead atoms. The Kier molecular flexibility index (Phi) is 5.87. The van der Waals surface area contributed by atoms with Gasteiger partial charge in [0.05, 0.1) is 12.1 Å². The first-order valence-electron chi connectivity index (χ1n) is 7.66. The standard InChI is InChI=1S/C16H20F3NO3/c17-16(18,19)23-14-8-4-1-5-11(14)9-10-15(22)20-12-6-2-3-7-13(12)21/h1,4-5,8,12-13,21H,2-3,6-7,9-10H2,(H,20,22). The van der Waals surface area contributed by atoms with Crippen molar-refractivity contribution >= 4 is 5.91 Å². The molecule has 1 fully saturated rings. The third-order valence-corrected chi connectivity index (χ3v) is 3.90. The molecule has 1 saturated carbocycles. The summed E-state index contributed by atoms with van der Waals surface area (Å²) in [6, 6.07) is 5.51. The fraction of sp³-hybridized carbons (Fsp3) is 0.562. The molecule has 1 aromatic rings. The summed E-state index contributed by atoms with van der Waals surface area (Å²) in [7, 11) is 0. The third kappa shape index (κ3) is 5.74. The summed E-state index contributed by atoms with van der Waals surface area (Å²) in [6.45, 7) is 0. The minimum Gasteiger partial charge on any atom is -0.406 e. The Balaban J connectivity index is 1.89. The summed E-state index contributed by atoms with van der Waals surface area (Å²) in [4.78, 5) is 11.9. The van der Waals surface area contributed by atoms with E-state index in [-0.39, 0.29) is 30.5 Å². The van der Waals surface area contributed by atoms with Crippen molar-refractivity contribution in [2.75, 3.05) is 0 Å². The predicted molar refractivity (Wildman–Crippen MR) is 77.9 cm³/mol. The Hall–Kier alpha value is -1.76. The summed E-state index contributed by atoms with van der Waals surface area (Å²) in [5.41, 5.74) is 0.323. The molecule has 7 heteroatoms. The minimum atomic E-state index is -4.76. The van der Waals surface area contributed by atoms with E-state index in [1.54, 1.807) is 6.07 Å². The molecule has 0 aromatic heterocycles. The van der Waals surface area contributed by atoms with E-state index < -0.39 is 12.5 Å². The van der Waals surface area contributed by atoms with Crippen LogP contribution in [0.2, 0.25) is 0 Å². The summed E-state index contributed by atoms with van der Waals surface area (Å²) in [5, 5.41) is 12.6. The molecule has 2 rings (SSSR count). The largest absolute Gasteiger partial charge is 0.573 e. The Bertz CT molecular complexity index is 534. The Morgan fingerprint density at radius 2 is 1.96 bits per heavy atom. The number of hydrogen-bond acceptors (Lipinski definition) is 3. The van der Waals surface area contributed by atoms with Crippen molar-refractivity contribution in [1.82, 2.24) is 5.32 Å². The lowest BCUT2D eigenvalue weighted by atomic mass is 9.92. The van der Waals surface area contributed by atoms with Crippen LogP contribution >= 0.6 is 0 Å². The molecule has 2 N–H and O–H groups in total. The third-order valence-electron chi connectivity index (χ3n) is 3.90. The van der Waals surface area contributed by atoms with Crippen molar-refractivity contribution < 1.29 is 27.8 Å². The van der Waals surface area contributed by atoms with E-state index >= 15 is 0 Å². The number of aliphatic hydroxyl groups excluding tert-OH is 1. The SMILES string of the molecule is O=C(CCc1ccccc1OC(F)(F)F)NC1CCCCC1O. The van der Waals surface area contributed by atoms with Gasteiger partial charge >= 0.3 is 6.36 Å². The molecule has 0 saturated heterocycles. The number of benzene rings is 1. The smallest absolute Gasteiger partial charge is 0.406 e. The van der Waals surface area contributed by atoms with Crippen LogP contribution in [0.5, 0.6) is 5.75 Å². The molecule has 2 unspecified atom stereocenters. The number of carbonyl (C=O) groups excluding carboxylic acids is 1. The van der Waals surface area contributed by atoms with E-state index in [0.717, 1.165) is 19.3 Å². The highest BCUT2D eigenvalue weighted by Crippen LogP contribution is 2.27. The number of halogens is 3. The summed E-state index contributed by atoms with van der Waals surface area (Å²) in [5.74, 6) is -0.566. The fourth-order valence-electron chi connectivity index (χ4n) is 2.74. The van der Waals surface area contributed by atoms with E-state index in [2.05, 4.69) is 10.1 Å². The van der Waals surface area contributed by atoms with E-state index in [9.17, 15) is 23.1 Å². The van der Waals surface area contributed by atoms with Crippen molar-refractivity contribution in [3.8, 4) is 5.75 Å². The molecule has 0 aliphatic heterocycles. The molecule has 4 nitrogen and oxygen atoms in total. The molecule has 2 atom stereocenters. The van der Waals surface area contributed by atoms with Crippen molar-refractivity contribution in [1.29, 1.82) is 0 Å². The Morgan fingerprint density at radius 3 is 2.65 bits per heavy atom. The highest BCUT2D eigenvalue weighted by Gasteiger charge is 2.32. The van der Waals surface area contributed by atoms with Gasteiger partial charge in [0.2, 0.25) is 5.91 Å². The lowest BCUT2D eigenvalue weighted by Gasteiger charge is -2.28. The second-order valence-corrected chi connectivity index (χ2v) is 5.68. The number of aryl methyl sites for hydroxylation is 1. The number of carbonyl (C=O) groups is 1. The number of ether oxygens (including phenoxy) is 1. The molecule has 0 heterocycles. The molecular formula is C16H20F3NO3. The first-order valence-corrected chi connectivity index (χ1v) is 7.66. The maximum Gasteiger partial charge on any atom is 0.573 e. The van der Waals surface area contributed by atoms with Gasteiger partial charge < -0.3 is 15.2 Å². The summed E-state index contributed by atoms with van der Waals surface area (Å²) in [6.07, 6.45) is -1.85. The van der Waals surface area contributed by atoms with Gasteiger partial charge in [-0.2, -0.15) is 0 Å². The average Bonchev–Trinajstić information content (AvgIpc) is 2.47. The van der Waals surface area contributed by atoms with Crippen molar-refractivity contribution in [3.63, 3.8) is 0 Å². The van der Waals surface area contributed by atoms with Crippen LogP contribution in [0.15, 0.2) is 24.3 Å². The van der Waals surface area contributed by atoms with E-state index in [0.29, 0.717) is 12.0 Å². The van der Waals surface area contributed by atoms with Crippen LogP contribution in [-0.4, -0.2) is 29.5 Å². The van der Waals surface area contributed by atoms with E-state index in [4.69, 9.17) is 0 Å². The number of nitrogens with one attached hydrogen (secondary N) is 1. The van der Waals surface area contributed by atoms with E-state index in [1.165, 1.54) is 18.2 Å². The van der Waals surface area contributed by atoms with E-state index in [1.807, 2.05) is 0 Å². The van der Waals surface area contributed by atoms with Gasteiger partial charge in [-0.25, -0.2) is 0 Å². The predicted octanol–water partition coefficient (Wildman–Crippen LogP) is 2.94. The molecule has 1 aliphatic carbocycles. The zero-order valence-corrected chi connectivity index (χ0v) is 12.6. The van der Waals surface area contributed by atoms with Gasteiger partial charge in [-0.15, -0.1) is 13.2 Å². The molecule has 0 spiro atoms. The number of rotatable bonds is 5. The van der Waals surface area contributed by atoms with Crippen LogP contribution in [-0.2, 0) is 11.2 Å². The lowest BCUT2D eigenvalue weighted by Crippen LogP contribution is -2.45. The summed E-state index contributed by atoms with van der Waals surface area (Å²) < 4.78 is 41.0. The van der Waals surface area contributed by atoms with Gasteiger partial charge in [0, 0.05) is 6.42 Å². The quantitative estimate of drug-likeness (QED) is 0.872. The van der Waals surface area contributed by atoms with Crippen molar-refractivity contribution in [2.45, 2.75) is 57.0 Å². The molecule has 1 aromatic carbocycles. The fourth-order valence-corrected chi connectivity index (χ4v) is 2.74. The Morgan fingerprint density at radius 1 is 1.26 bits per heavy atom. The number of alkyl halides is 3. The average molecular weight is 331 g/mol. The van der Waals surface area contributed by atoms with Crippen LogP contribution < -0.4 is 10.1 Å². The Labute approximate surface area is 132 Å². The van der Waals surface area contributed by atoms with Crippen molar-refractivity contribution in [3.05, 3.63) is 29.8 Å². The molecular weight excluding hydrogens is 311 g/mol. The second-order valence-electron chi connectivity index (χ2n) is 5.68. The van der Waals surface area contributed by atoms with Gasteiger partial charge in [0.15, 0.2) is 0 Å². The maximum absolute atomic E-state index is 12.3. The highest BCUT2D eigenvalue weighted by molar-refractivity contribution is 5.76. The highest BCUT2D eigenvalue weighted by atomic mass is 19.4. The van der Waals surface area contributed by atoms with Crippen LogP contribution in [0.25, 0.3) is 0 Å². The zero-order chi connectivity index (χ0) is 16.9. The van der Waals surface area contributed by atoms with Crippen LogP contribution in [0.4, 0.5) is 13.2 Å². The van der Waals surface area contributed by atoms with Crippen LogP contribution in [0.1, 0.15) is 37.7 Å². The first-order chi connectivity index (χ1) is 10.8. The molecule has 1 amide bonds. The topological polar surface area (TPSA) is 58.6 Å². The summed E-state index contributed by atoms with van der Waals surface area (Å²) >= 11 is 0. The number of aliphatic hydroxyl groups is 1.